The molecule has 1 aromatic carbocycles. The third-order valence-corrected chi connectivity index (χ3v) is 3.25. The number of hydrogen-bond donors (Lipinski definition) is 2. The Morgan fingerprint density at radius 1 is 1.29 bits per heavy atom. The van der Waals surface area contributed by atoms with Crippen LogP contribution in [0.3, 0.4) is 0 Å². The molecule has 5 nitrogen and oxygen atoms in total. The van der Waals surface area contributed by atoms with Crippen LogP contribution in [0.1, 0.15) is 26.3 Å². The van der Waals surface area contributed by atoms with Gasteiger partial charge in [-0.1, -0.05) is 6.07 Å². The molecule has 2 amide bonds. The zero-order valence-electron chi connectivity index (χ0n) is 12.7. The van der Waals surface area contributed by atoms with E-state index < -0.39 is 6.10 Å². The molecule has 0 aliphatic rings. The van der Waals surface area contributed by atoms with Gasteiger partial charge in [-0.2, -0.15) is 0 Å². The second-order valence-corrected chi connectivity index (χ2v) is 5.99. The lowest BCUT2D eigenvalue weighted by Crippen LogP contribution is -2.43. The van der Waals surface area contributed by atoms with Crippen LogP contribution in [0.4, 0.5) is 0 Å². The van der Waals surface area contributed by atoms with Crippen LogP contribution in [0.25, 0.3) is 0 Å². The average Bonchev–Trinajstić information content (AvgIpc) is 2.38. The van der Waals surface area contributed by atoms with Gasteiger partial charge in [0.25, 0.3) is 5.91 Å². The Morgan fingerprint density at radius 3 is 2.52 bits per heavy atom. The fourth-order valence-electron chi connectivity index (χ4n) is 1.63. The highest BCUT2D eigenvalue weighted by atomic mass is 79.9. The quantitative estimate of drug-likeness (QED) is 0.820. The summed E-state index contributed by atoms with van der Waals surface area (Å²) in [5.74, 6) is 0.0401. The molecule has 0 heterocycles. The first-order chi connectivity index (χ1) is 9.79. The van der Waals surface area contributed by atoms with Crippen molar-refractivity contribution in [3.05, 3.63) is 28.2 Å². The number of aryl methyl sites for hydroxylation is 1. The molecule has 1 atom stereocenters. The molecule has 0 saturated heterocycles. The van der Waals surface area contributed by atoms with Gasteiger partial charge in [0, 0.05) is 6.04 Å². The minimum absolute atomic E-state index is 0.0478. The van der Waals surface area contributed by atoms with Gasteiger partial charge >= 0.3 is 0 Å². The Kier molecular flexibility index (Phi) is 6.68. The summed E-state index contributed by atoms with van der Waals surface area (Å²) in [5, 5.41) is 5.25. The van der Waals surface area contributed by atoms with Gasteiger partial charge in [0.15, 0.2) is 6.10 Å². The monoisotopic (exact) mass is 356 g/mol. The molecule has 0 aliphatic heterocycles. The van der Waals surface area contributed by atoms with Gasteiger partial charge in [-0.05, 0) is 61.3 Å². The van der Waals surface area contributed by atoms with Crippen molar-refractivity contribution in [2.24, 2.45) is 0 Å². The van der Waals surface area contributed by atoms with Gasteiger partial charge in [-0.3, -0.25) is 9.59 Å². The highest BCUT2D eigenvalue weighted by molar-refractivity contribution is 9.10. The lowest BCUT2D eigenvalue weighted by Gasteiger charge is -2.16. The second kappa shape index (κ2) is 8.02. The first kappa shape index (κ1) is 17.5. The zero-order valence-corrected chi connectivity index (χ0v) is 14.3. The van der Waals surface area contributed by atoms with Crippen LogP contribution in [0, 0.1) is 6.92 Å². The average molecular weight is 357 g/mol. The van der Waals surface area contributed by atoms with E-state index in [9.17, 15) is 9.59 Å². The molecule has 2 N–H and O–H groups in total. The van der Waals surface area contributed by atoms with Crippen molar-refractivity contribution in [3.63, 3.8) is 0 Å². The maximum Gasteiger partial charge on any atom is 0.261 e. The number of ether oxygens (including phenoxy) is 1. The lowest BCUT2D eigenvalue weighted by atomic mass is 10.2. The molecule has 116 valence electrons. The van der Waals surface area contributed by atoms with E-state index in [1.54, 1.807) is 13.0 Å². The van der Waals surface area contributed by atoms with E-state index in [-0.39, 0.29) is 24.4 Å². The molecule has 21 heavy (non-hydrogen) atoms. The van der Waals surface area contributed by atoms with Crippen molar-refractivity contribution < 1.29 is 14.3 Å². The first-order valence-electron chi connectivity index (χ1n) is 6.79. The topological polar surface area (TPSA) is 67.4 Å². The number of halogens is 1. The molecule has 0 radical (unpaired) electrons. The summed E-state index contributed by atoms with van der Waals surface area (Å²) in [6.45, 7) is 7.28. The largest absolute Gasteiger partial charge is 0.480 e. The minimum atomic E-state index is -0.684. The molecule has 0 aliphatic carbocycles. The van der Waals surface area contributed by atoms with E-state index in [1.165, 1.54) is 0 Å². The Labute approximate surface area is 133 Å². The Morgan fingerprint density at radius 2 is 1.95 bits per heavy atom. The molecule has 0 aromatic heterocycles. The molecule has 1 aromatic rings. The number of hydrogen-bond acceptors (Lipinski definition) is 3. The Hall–Kier alpha value is -1.56. The van der Waals surface area contributed by atoms with Crippen molar-refractivity contribution in [2.45, 2.75) is 39.8 Å². The van der Waals surface area contributed by atoms with Gasteiger partial charge in [-0.15, -0.1) is 0 Å². The van der Waals surface area contributed by atoms with Crippen LogP contribution in [-0.2, 0) is 9.59 Å². The molecule has 1 unspecified atom stereocenters. The van der Waals surface area contributed by atoms with E-state index >= 15 is 0 Å². The van der Waals surface area contributed by atoms with Crippen molar-refractivity contribution in [1.82, 2.24) is 10.6 Å². The summed E-state index contributed by atoms with van der Waals surface area (Å²) < 4.78 is 6.38. The third-order valence-electron chi connectivity index (χ3n) is 2.63. The van der Waals surface area contributed by atoms with E-state index in [0.29, 0.717) is 5.75 Å². The van der Waals surface area contributed by atoms with Crippen molar-refractivity contribution >= 4 is 27.7 Å². The van der Waals surface area contributed by atoms with Gasteiger partial charge in [0.1, 0.15) is 5.75 Å². The Balaban J connectivity index is 2.49. The van der Waals surface area contributed by atoms with Crippen molar-refractivity contribution in [2.75, 3.05) is 6.54 Å². The van der Waals surface area contributed by atoms with E-state index in [4.69, 9.17) is 4.74 Å². The summed E-state index contributed by atoms with van der Waals surface area (Å²) in [6, 6.07) is 5.66. The fourth-order valence-corrected chi connectivity index (χ4v) is 2.22. The highest BCUT2D eigenvalue weighted by Gasteiger charge is 2.16. The molecule has 0 saturated carbocycles. The summed E-state index contributed by atoms with van der Waals surface area (Å²) >= 11 is 3.39. The van der Waals surface area contributed by atoms with E-state index in [1.807, 2.05) is 32.9 Å². The standard InChI is InChI=1S/C15H21BrN2O3/c1-9(2)18-14(19)8-17-15(20)11(4)21-13-6-5-10(3)7-12(13)16/h5-7,9,11H,8H2,1-4H3,(H,17,20)(H,18,19). The molecular weight excluding hydrogens is 336 g/mol. The van der Waals surface area contributed by atoms with Crippen LogP contribution in [0.2, 0.25) is 0 Å². The smallest absolute Gasteiger partial charge is 0.261 e. The zero-order chi connectivity index (χ0) is 16.0. The number of rotatable bonds is 6. The summed E-state index contributed by atoms with van der Waals surface area (Å²) in [7, 11) is 0. The number of carbonyl (C=O) groups is 2. The van der Waals surface area contributed by atoms with Crippen LogP contribution in [0.15, 0.2) is 22.7 Å². The summed E-state index contributed by atoms with van der Waals surface area (Å²) in [5.41, 5.74) is 1.09. The van der Waals surface area contributed by atoms with Gasteiger partial charge in [0.2, 0.25) is 5.91 Å². The third kappa shape index (κ3) is 6.16. The van der Waals surface area contributed by atoms with Crippen LogP contribution < -0.4 is 15.4 Å². The molecule has 0 bridgehead atoms. The maximum atomic E-state index is 11.9. The fraction of sp³-hybridized carbons (Fsp3) is 0.467. The van der Waals surface area contributed by atoms with Gasteiger partial charge < -0.3 is 15.4 Å². The number of nitrogens with one attached hydrogen (secondary N) is 2. The predicted octanol–water partition coefficient (Wildman–Crippen LogP) is 2.17. The molecule has 0 spiro atoms. The molecular formula is C15H21BrN2O3. The minimum Gasteiger partial charge on any atom is -0.480 e. The maximum absolute atomic E-state index is 11.9. The van der Waals surface area contributed by atoms with E-state index in [0.717, 1.165) is 10.0 Å². The molecule has 1 rings (SSSR count). The predicted molar refractivity (Wildman–Crippen MR) is 85.3 cm³/mol. The van der Waals surface area contributed by atoms with Crippen molar-refractivity contribution in [1.29, 1.82) is 0 Å². The van der Waals surface area contributed by atoms with E-state index in [2.05, 4.69) is 26.6 Å². The lowest BCUT2D eigenvalue weighted by molar-refractivity contribution is -0.130. The highest BCUT2D eigenvalue weighted by Crippen LogP contribution is 2.26. The van der Waals surface area contributed by atoms with Crippen LogP contribution in [0.5, 0.6) is 5.75 Å². The van der Waals surface area contributed by atoms with Crippen molar-refractivity contribution in [3.8, 4) is 5.75 Å². The van der Waals surface area contributed by atoms with Gasteiger partial charge in [0.05, 0.1) is 11.0 Å². The second-order valence-electron chi connectivity index (χ2n) is 5.13. The normalized spacial score (nSPS) is 11.9. The molecule has 0 fully saturated rings. The summed E-state index contributed by atoms with van der Waals surface area (Å²) in [4.78, 5) is 23.3. The number of carbonyl (C=O) groups excluding carboxylic acids is 2. The SMILES string of the molecule is Cc1ccc(OC(C)C(=O)NCC(=O)NC(C)C)c(Br)c1. The molecule has 6 heteroatoms. The first-order valence-corrected chi connectivity index (χ1v) is 7.58. The Bertz CT molecular complexity index is 518. The van der Waals surface area contributed by atoms with Gasteiger partial charge in [-0.25, -0.2) is 0 Å². The van der Waals surface area contributed by atoms with Crippen LogP contribution >= 0.6 is 15.9 Å². The number of amides is 2. The van der Waals surface area contributed by atoms with Crippen LogP contribution in [-0.4, -0.2) is 30.5 Å². The summed E-state index contributed by atoms with van der Waals surface area (Å²) in [6.07, 6.45) is -0.684. The number of benzene rings is 1.